The van der Waals surface area contributed by atoms with Crippen LogP contribution in [0, 0.1) is 28.6 Å². The van der Waals surface area contributed by atoms with E-state index in [4.69, 9.17) is 4.74 Å². The van der Waals surface area contributed by atoms with Gasteiger partial charge in [0, 0.05) is 0 Å². The van der Waals surface area contributed by atoms with E-state index in [0.29, 0.717) is 17.8 Å². The van der Waals surface area contributed by atoms with Crippen LogP contribution in [0.3, 0.4) is 0 Å². The highest BCUT2D eigenvalue weighted by Crippen LogP contribution is 2.64. The Hall–Kier alpha value is -1.09. The number of esters is 1. The first-order valence-electron chi connectivity index (χ1n) is 9.90. The van der Waals surface area contributed by atoms with E-state index in [1.165, 1.54) is 18.3 Å². The number of hydrogen-bond donors (Lipinski definition) is 1. The second-order valence-electron chi connectivity index (χ2n) is 9.09. The van der Waals surface area contributed by atoms with Gasteiger partial charge in [0.05, 0.1) is 19.1 Å². The highest BCUT2D eigenvalue weighted by atomic mass is 16.5. The van der Waals surface area contributed by atoms with Crippen LogP contribution >= 0.6 is 0 Å². The zero-order valence-corrected chi connectivity index (χ0v) is 16.5. The summed E-state index contributed by atoms with van der Waals surface area (Å²) >= 11 is 0. The molecule has 1 fully saturated rings. The van der Waals surface area contributed by atoms with Gasteiger partial charge in [-0.05, 0) is 72.8 Å². The maximum atomic E-state index is 12.9. The molecule has 140 valence electrons. The second kappa shape index (κ2) is 6.57. The Bertz CT molecular complexity index is 615. The maximum absolute atomic E-state index is 12.9. The molecule has 3 rings (SSSR count). The molecule has 25 heavy (non-hydrogen) atoms. The van der Waals surface area contributed by atoms with Crippen LogP contribution in [-0.4, -0.2) is 24.8 Å². The molecule has 0 aromatic rings. The van der Waals surface area contributed by atoms with Crippen molar-refractivity contribution in [2.45, 2.75) is 66.2 Å². The van der Waals surface area contributed by atoms with Crippen LogP contribution in [0.25, 0.3) is 0 Å². The van der Waals surface area contributed by atoms with Gasteiger partial charge in [0.2, 0.25) is 0 Å². The number of fused-ring (bicyclic) bond motifs is 3. The summed E-state index contributed by atoms with van der Waals surface area (Å²) in [5.41, 5.74) is 3.86. The number of allylic oxidation sites excluding steroid dienone is 2. The van der Waals surface area contributed by atoms with E-state index in [-0.39, 0.29) is 18.0 Å². The normalized spacial score (nSPS) is 38.1. The van der Waals surface area contributed by atoms with Crippen molar-refractivity contribution in [3.8, 4) is 0 Å². The van der Waals surface area contributed by atoms with Crippen LogP contribution in [0.5, 0.6) is 0 Å². The van der Waals surface area contributed by atoms with Gasteiger partial charge in [0.15, 0.2) is 0 Å². The topological polar surface area (TPSA) is 46.5 Å². The van der Waals surface area contributed by atoms with Crippen LogP contribution in [0.15, 0.2) is 22.8 Å². The Morgan fingerprint density at radius 2 is 2.08 bits per heavy atom. The van der Waals surface area contributed by atoms with Crippen LogP contribution in [0.1, 0.15) is 66.2 Å². The molecule has 3 nitrogen and oxygen atoms in total. The first kappa shape index (κ1) is 18.7. The van der Waals surface area contributed by atoms with Gasteiger partial charge >= 0.3 is 5.97 Å². The minimum Gasteiger partial charge on any atom is -0.468 e. The van der Waals surface area contributed by atoms with E-state index < -0.39 is 5.41 Å². The molecule has 0 heterocycles. The van der Waals surface area contributed by atoms with Crippen molar-refractivity contribution in [3.05, 3.63) is 22.8 Å². The molecule has 0 aromatic carbocycles. The number of hydrogen-bond acceptors (Lipinski definition) is 3. The molecule has 0 spiro atoms. The molecule has 0 saturated heterocycles. The molecule has 3 aliphatic rings. The average Bonchev–Trinajstić information content (AvgIpc) is 2.94. The Labute approximate surface area is 152 Å². The summed E-state index contributed by atoms with van der Waals surface area (Å²) in [5.74, 6) is 1.35. The quantitative estimate of drug-likeness (QED) is 0.597. The number of ether oxygens (including phenoxy) is 1. The molecule has 0 aromatic heterocycles. The third-order valence-electron chi connectivity index (χ3n) is 7.73. The zero-order chi connectivity index (χ0) is 18.4. The fourth-order valence-corrected chi connectivity index (χ4v) is 5.94. The van der Waals surface area contributed by atoms with Crippen molar-refractivity contribution < 1.29 is 14.6 Å². The lowest BCUT2D eigenvalue weighted by Crippen LogP contribution is -2.47. The third-order valence-corrected chi connectivity index (χ3v) is 7.73. The Balaban J connectivity index is 2.15. The van der Waals surface area contributed by atoms with Gasteiger partial charge < -0.3 is 9.84 Å². The highest BCUT2D eigenvalue weighted by molar-refractivity contribution is 5.82. The van der Waals surface area contributed by atoms with Gasteiger partial charge in [0.25, 0.3) is 0 Å². The summed E-state index contributed by atoms with van der Waals surface area (Å²) in [7, 11) is 1.54. The first-order chi connectivity index (χ1) is 11.8. The Kier molecular flexibility index (Phi) is 4.91. The summed E-state index contributed by atoms with van der Waals surface area (Å²) in [6.45, 7) is 9.43. The third kappa shape index (κ3) is 2.70. The number of aliphatic hydroxyl groups is 1. The molecule has 4 atom stereocenters. The maximum Gasteiger partial charge on any atom is 0.315 e. The van der Waals surface area contributed by atoms with Crippen LogP contribution in [0.4, 0.5) is 0 Å². The van der Waals surface area contributed by atoms with Crippen molar-refractivity contribution in [1.29, 1.82) is 0 Å². The number of carbonyl (C=O) groups is 1. The van der Waals surface area contributed by atoms with Gasteiger partial charge in [-0.2, -0.15) is 0 Å². The zero-order valence-electron chi connectivity index (χ0n) is 16.5. The average molecular weight is 347 g/mol. The minimum absolute atomic E-state index is 0.0246. The van der Waals surface area contributed by atoms with Crippen molar-refractivity contribution in [3.63, 3.8) is 0 Å². The predicted octanol–water partition coefficient (Wildman–Crippen LogP) is 4.66. The lowest BCUT2D eigenvalue weighted by molar-refractivity contribution is -0.153. The van der Waals surface area contributed by atoms with Crippen LogP contribution in [0.2, 0.25) is 0 Å². The predicted molar refractivity (Wildman–Crippen MR) is 99.9 cm³/mol. The van der Waals surface area contributed by atoms with Crippen molar-refractivity contribution in [1.82, 2.24) is 0 Å². The number of aliphatic hydroxyl groups excluding tert-OH is 1. The second-order valence-corrected chi connectivity index (χ2v) is 9.09. The Morgan fingerprint density at radius 3 is 2.68 bits per heavy atom. The largest absolute Gasteiger partial charge is 0.468 e. The molecule has 0 amide bonds. The van der Waals surface area contributed by atoms with Crippen molar-refractivity contribution in [2.75, 3.05) is 13.7 Å². The lowest BCUT2D eigenvalue weighted by Gasteiger charge is -2.52. The summed E-state index contributed by atoms with van der Waals surface area (Å²) < 4.78 is 5.31. The summed E-state index contributed by atoms with van der Waals surface area (Å²) in [5, 5.41) is 9.70. The SMILES string of the molecule is COC(=O)[C@]12CCC(C(C)C)=C1[C@H]1CC=C(CO)CC(C)[C@]1(C)CC2. The van der Waals surface area contributed by atoms with Crippen molar-refractivity contribution in [2.24, 2.45) is 28.6 Å². The van der Waals surface area contributed by atoms with Gasteiger partial charge in [0.1, 0.15) is 0 Å². The van der Waals surface area contributed by atoms with E-state index in [1.54, 1.807) is 0 Å². The van der Waals surface area contributed by atoms with E-state index in [1.807, 2.05) is 0 Å². The summed E-state index contributed by atoms with van der Waals surface area (Å²) in [6.07, 6.45) is 8.09. The van der Waals surface area contributed by atoms with Crippen LogP contribution < -0.4 is 0 Å². The number of rotatable bonds is 3. The van der Waals surface area contributed by atoms with E-state index in [9.17, 15) is 9.90 Å². The highest BCUT2D eigenvalue weighted by Gasteiger charge is 2.59. The number of carbonyl (C=O) groups excluding carboxylic acids is 1. The first-order valence-corrected chi connectivity index (χ1v) is 9.90. The van der Waals surface area contributed by atoms with Gasteiger partial charge in [-0.3, -0.25) is 4.79 Å². The molecule has 0 radical (unpaired) electrons. The summed E-state index contributed by atoms with van der Waals surface area (Å²) in [4.78, 5) is 12.9. The van der Waals surface area contributed by atoms with E-state index >= 15 is 0 Å². The van der Waals surface area contributed by atoms with E-state index in [0.717, 1.165) is 44.1 Å². The molecule has 0 bridgehead atoms. The van der Waals surface area contributed by atoms with Gasteiger partial charge in [-0.1, -0.05) is 39.3 Å². The smallest absolute Gasteiger partial charge is 0.315 e. The number of methoxy groups -OCH3 is 1. The molecule has 3 heteroatoms. The molecule has 0 aliphatic heterocycles. The minimum atomic E-state index is -0.393. The Morgan fingerprint density at radius 1 is 1.36 bits per heavy atom. The summed E-state index contributed by atoms with van der Waals surface area (Å²) in [6, 6.07) is 0. The monoisotopic (exact) mass is 346 g/mol. The molecule has 1 saturated carbocycles. The fourth-order valence-electron chi connectivity index (χ4n) is 5.94. The van der Waals surface area contributed by atoms with Crippen LogP contribution in [-0.2, 0) is 9.53 Å². The van der Waals surface area contributed by atoms with Crippen molar-refractivity contribution >= 4 is 5.97 Å². The molecule has 3 aliphatic carbocycles. The molecular formula is C22H34O3. The standard InChI is InChI=1S/C22H34O3/c1-14(2)17-8-9-22(20(24)25-5)11-10-21(4)15(3)12-16(13-23)6-7-18(21)19(17)22/h6,14-15,18,23H,7-13H2,1-5H3/t15?,18-,21+,22+/m1/s1. The van der Waals surface area contributed by atoms with Gasteiger partial charge in [-0.25, -0.2) is 0 Å². The van der Waals surface area contributed by atoms with Gasteiger partial charge in [-0.15, -0.1) is 0 Å². The molecule has 1 N–H and O–H groups in total. The lowest BCUT2D eigenvalue weighted by atomic mass is 9.52. The fraction of sp³-hybridized carbons (Fsp3) is 0.773. The molecular weight excluding hydrogens is 312 g/mol. The molecule has 1 unspecified atom stereocenters. The van der Waals surface area contributed by atoms with E-state index in [2.05, 4.69) is 33.8 Å².